The Hall–Kier alpha value is -2.00. The van der Waals surface area contributed by atoms with Gasteiger partial charge in [-0.15, -0.1) is 5.10 Å². The Morgan fingerprint density at radius 3 is 2.67 bits per heavy atom. The first-order valence-corrected chi connectivity index (χ1v) is 11.5. The van der Waals surface area contributed by atoms with Crippen molar-refractivity contribution in [3.63, 3.8) is 0 Å². The Kier molecular flexibility index (Phi) is 3.91. The van der Waals surface area contributed by atoms with Crippen LogP contribution in [0.25, 0.3) is 5.69 Å². The summed E-state index contributed by atoms with van der Waals surface area (Å²) in [6.45, 7) is 5.03. The molecular formula is C20H25ClN8S. The summed E-state index contributed by atoms with van der Waals surface area (Å²) in [5.41, 5.74) is 2.07. The van der Waals surface area contributed by atoms with Gasteiger partial charge in [0.1, 0.15) is 12.2 Å². The van der Waals surface area contributed by atoms with Crippen molar-refractivity contribution in [1.29, 1.82) is 0 Å². The highest BCUT2D eigenvalue weighted by Crippen LogP contribution is 2.64. The molecule has 4 saturated carbocycles. The summed E-state index contributed by atoms with van der Waals surface area (Å²) in [4.78, 5) is 4.22. The van der Waals surface area contributed by atoms with E-state index in [4.69, 9.17) is 28.9 Å². The van der Waals surface area contributed by atoms with Gasteiger partial charge in [-0.25, -0.2) is 9.67 Å². The Morgan fingerprint density at radius 1 is 1.27 bits per heavy atom. The van der Waals surface area contributed by atoms with E-state index in [0.29, 0.717) is 21.9 Å². The number of aryl methyl sites for hydroxylation is 1. The molecule has 2 unspecified atom stereocenters. The highest BCUT2D eigenvalue weighted by molar-refractivity contribution is 7.71. The smallest absolute Gasteiger partial charge is 0.242 e. The van der Waals surface area contributed by atoms with Crippen LogP contribution in [0.2, 0.25) is 5.28 Å². The second-order valence-electron chi connectivity index (χ2n) is 9.54. The summed E-state index contributed by atoms with van der Waals surface area (Å²) >= 11 is 11.8. The average molecular weight is 445 g/mol. The second kappa shape index (κ2) is 6.26. The molecule has 1 N–H and O–H groups in total. The fourth-order valence-corrected chi connectivity index (χ4v) is 7.42. The van der Waals surface area contributed by atoms with Gasteiger partial charge < -0.3 is 0 Å². The second-order valence-corrected chi connectivity index (χ2v) is 10.3. The first-order chi connectivity index (χ1) is 14.4. The molecule has 3 aromatic heterocycles. The Balaban J connectivity index is 1.50. The van der Waals surface area contributed by atoms with E-state index in [1.807, 2.05) is 21.9 Å². The fourth-order valence-electron chi connectivity index (χ4n) is 7.07. The number of aromatic nitrogens is 8. The van der Waals surface area contributed by atoms with Crippen molar-refractivity contribution in [2.24, 2.45) is 11.8 Å². The molecule has 3 aromatic rings. The third-order valence-electron chi connectivity index (χ3n) is 7.74. The summed E-state index contributed by atoms with van der Waals surface area (Å²) in [5.74, 6) is 2.37. The SMILES string of the molecule is CCn1ncc(-n2c(C34CC5CC(C3)CC(n3cnc(Cl)n3)(C5)C4)n[nH]c2=S)c1C. The van der Waals surface area contributed by atoms with Crippen molar-refractivity contribution in [1.82, 2.24) is 39.3 Å². The maximum Gasteiger partial charge on any atom is 0.242 e. The standard InChI is InChI=1S/C20H25ClN8S/c1-3-27-12(2)15(9-23-27)29-16(24-25-18(29)30)19-5-13-4-14(6-19)8-20(7-13,10-19)28-11-22-17(21)26-28/h9,11,13-14H,3-8,10H2,1-2H3,(H,25,30). The van der Waals surface area contributed by atoms with Gasteiger partial charge >= 0.3 is 0 Å². The molecule has 8 nitrogen and oxygen atoms in total. The molecule has 4 aliphatic rings. The van der Waals surface area contributed by atoms with E-state index in [0.717, 1.165) is 55.9 Å². The van der Waals surface area contributed by atoms with Crippen molar-refractivity contribution < 1.29 is 0 Å². The Bertz CT molecular complexity index is 1170. The molecule has 158 valence electrons. The molecule has 0 spiro atoms. The Morgan fingerprint density at radius 2 is 2.03 bits per heavy atom. The number of nitrogens with one attached hydrogen (secondary N) is 1. The zero-order valence-corrected chi connectivity index (χ0v) is 18.7. The van der Waals surface area contributed by atoms with Crippen molar-refractivity contribution in [2.75, 3.05) is 0 Å². The molecule has 4 bridgehead atoms. The van der Waals surface area contributed by atoms with Gasteiger partial charge in [-0.2, -0.15) is 10.2 Å². The van der Waals surface area contributed by atoms with Crippen molar-refractivity contribution >= 4 is 23.8 Å². The zero-order valence-electron chi connectivity index (χ0n) is 17.2. The molecule has 0 aliphatic heterocycles. The summed E-state index contributed by atoms with van der Waals surface area (Å²) in [6.07, 6.45) is 10.6. The lowest BCUT2D eigenvalue weighted by molar-refractivity contribution is -0.0722. The molecule has 4 fully saturated rings. The highest BCUT2D eigenvalue weighted by atomic mass is 35.5. The minimum atomic E-state index is -0.0364. The van der Waals surface area contributed by atoms with E-state index in [1.165, 1.54) is 6.42 Å². The molecule has 4 aliphatic carbocycles. The van der Waals surface area contributed by atoms with Gasteiger partial charge in [0.25, 0.3) is 0 Å². The first-order valence-electron chi connectivity index (χ1n) is 10.7. The van der Waals surface area contributed by atoms with Gasteiger partial charge in [-0.05, 0) is 88.0 Å². The predicted octanol–water partition coefficient (Wildman–Crippen LogP) is 3.95. The maximum atomic E-state index is 6.11. The molecule has 0 radical (unpaired) electrons. The monoisotopic (exact) mass is 444 g/mol. The van der Waals surface area contributed by atoms with Crippen LogP contribution in [0.15, 0.2) is 12.5 Å². The molecule has 30 heavy (non-hydrogen) atoms. The van der Waals surface area contributed by atoms with Crippen LogP contribution < -0.4 is 0 Å². The normalized spacial score (nSPS) is 32.2. The van der Waals surface area contributed by atoms with Crippen molar-refractivity contribution in [2.45, 2.75) is 69.9 Å². The lowest BCUT2D eigenvalue weighted by atomic mass is 9.46. The zero-order chi connectivity index (χ0) is 20.7. The largest absolute Gasteiger partial charge is 0.268 e. The maximum absolute atomic E-state index is 6.11. The van der Waals surface area contributed by atoms with Crippen LogP contribution >= 0.6 is 23.8 Å². The number of hydrogen-bond acceptors (Lipinski definition) is 5. The topological polar surface area (TPSA) is 82.1 Å². The van der Waals surface area contributed by atoms with E-state index in [-0.39, 0.29) is 11.0 Å². The van der Waals surface area contributed by atoms with Crippen LogP contribution in [0.3, 0.4) is 0 Å². The van der Waals surface area contributed by atoms with E-state index in [9.17, 15) is 0 Å². The van der Waals surface area contributed by atoms with Gasteiger partial charge in [0.15, 0.2) is 4.77 Å². The van der Waals surface area contributed by atoms with Crippen LogP contribution in [0.4, 0.5) is 0 Å². The number of hydrogen-bond donors (Lipinski definition) is 1. The number of halogens is 1. The van der Waals surface area contributed by atoms with Gasteiger partial charge in [-0.1, -0.05) is 0 Å². The highest BCUT2D eigenvalue weighted by Gasteiger charge is 2.61. The lowest BCUT2D eigenvalue weighted by Gasteiger charge is -2.61. The minimum absolute atomic E-state index is 0.0309. The number of aromatic amines is 1. The van der Waals surface area contributed by atoms with Crippen LogP contribution in [-0.4, -0.2) is 39.3 Å². The van der Waals surface area contributed by atoms with E-state index in [1.54, 1.807) is 0 Å². The number of rotatable bonds is 4. The number of H-pyrrole nitrogens is 1. The van der Waals surface area contributed by atoms with Crippen molar-refractivity contribution in [3.8, 4) is 5.69 Å². The molecule has 0 saturated heterocycles. The van der Waals surface area contributed by atoms with Crippen LogP contribution in [0.1, 0.15) is 57.0 Å². The molecule has 2 atom stereocenters. The van der Waals surface area contributed by atoms with Gasteiger partial charge in [-0.3, -0.25) is 14.3 Å². The van der Waals surface area contributed by atoms with Crippen molar-refractivity contribution in [3.05, 3.63) is 34.1 Å². The lowest BCUT2D eigenvalue weighted by Crippen LogP contribution is -2.59. The van der Waals surface area contributed by atoms with Gasteiger partial charge in [0.05, 0.1) is 23.1 Å². The fraction of sp³-hybridized carbons (Fsp3) is 0.650. The third kappa shape index (κ3) is 2.48. The first kappa shape index (κ1) is 18.7. The Labute approximate surface area is 184 Å². The summed E-state index contributed by atoms with van der Waals surface area (Å²) in [6, 6.07) is 0. The van der Waals surface area contributed by atoms with Crippen LogP contribution in [0, 0.1) is 23.5 Å². The molecule has 3 heterocycles. The molecule has 0 amide bonds. The van der Waals surface area contributed by atoms with E-state index >= 15 is 0 Å². The van der Waals surface area contributed by atoms with Crippen LogP contribution in [0.5, 0.6) is 0 Å². The molecule has 10 heteroatoms. The average Bonchev–Trinajstić information content (AvgIpc) is 3.39. The quantitative estimate of drug-likeness (QED) is 0.616. The molecule has 0 aromatic carbocycles. The third-order valence-corrected chi connectivity index (χ3v) is 8.19. The summed E-state index contributed by atoms with van der Waals surface area (Å²) in [7, 11) is 0. The van der Waals surface area contributed by atoms with Crippen LogP contribution in [-0.2, 0) is 17.5 Å². The number of nitrogens with zero attached hydrogens (tertiary/aromatic N) is 7. The van der Waals surface area contributed by atoms with Gasteiger partial charge in [0.2, 0.25) is 5.28 Å². The minimum Gasteiger partial charge on any atom is -0.268 e. The summed E-state index contributed by atoms with van der Waals surface area (Å²) < 4.78 is 6.83. The molecular weight excluding hydrogens is 420 g/mol. The molecule has 7 rings (SSSR count). The van der Waals surface area contributed by atoms with E-state index in [2.05, 4.69) is 38.7 Å². The summed E-state index contributed by atoms with van der Waals surface area (Å²) in [5, 5.41) is 17.3. The van der Waals surface area contributed by atoms with E-state index < -0.39 is 0 Å². The van der Waals surface area contributed by atoms with Gasteiger partial charge in [0, 0.05) is 12.0 Å². The predicted molar refractivity (Wildman–Crippen MR) is 114 cm³/mol.